The van der Waals surface area contributed by atoms with Crippen LogP contribution in [0.4, 0.5) is 4.79 Å². The summed E-state index contributed by atoms with van der Waals surface area (Å²) in [4.78, 5) is 29.7. The second-order valence-corrected chi connectivity index (χ2v) is 12.0. The molecule has 9 nitrogen and oxygen atoms in total. The summed E-state index contributed by atoms with van der Waals surface area (Å²) in [5.74, 6) is -0.364. The number of hydrogen-bond acceptors (Lipinski definition) is 5. The molecule has 1 fully saturated rings. The van der Waals surface area contributed by atoms with Crippen molar-refractivity contribution in [2.75, 3.05) is 32.7 Å². The molecule has 3 amide bonds. The predicted molar refractivity (Wildman–Crippen MR) is 159 cm³/mol. The lowest BCUT2D eigenvalue weighted by Crippen LogP contribution is -2.57. The summed E-state index contributed by atoms with van der Waals surface area (Å²) < 4.78 is 29.6. The second-order valence-electron chi connectivity index (χ2n) is 10.3. The number of rotatable bonds is 11. The minimum absolute atomic E-state index is 0.0696. The van der Waals surface area contributed by atoms with Crippen LogP contribution in [-0.4, -0.2) is 68.9 Å². The molecule has 0 spiro atoms. The molecular formula is C31H37N5O4S. The van der Waals surface area contributed by atoms with Gasteiger partial charge in [0.15, 0.2) is 0 Å². The first-order valence-corrected chi connectivity index (χ1v) is 15.6. The summed E-state index contributed by atoms with van der Waals surface area (Å²) in [6.07, 6.45) is 4.37. The average Bonchev–Trinajstić information content (AvgIpc) is 3.00. The summed E-state index contributed by atoms with van der Waals surface area (Å²) in [7, 11) is -4.05. The van der Waals surface area contributed by atoms with Gasteiger partial charge in [0.25, 0.3) is 0 Å². The van der Waals surface area contributed by atoms with E-state index in [2.05, 4.69) is 23.0 Å². The highest BCUT2D eigenvalue weighted by atomic mass is 32.2. The third-order valence-corrected chi connectivity index (χ3v) is 8.78. The maximum atomic E-state index is 13.7. The van der Waals surface area contributed by atoms with Crippen LogP contribution in [0, 0.1) is 11.3 Å². The Balaban J connectivity index is 1.47. The van der Waals surface area contributed by atoms with E-state index in [1.54, 1.807) is 46.2 Å². The Hall–Kier alpha value is -3.94. The molecular weight excluding hydrogens is 538 g/mol. The molecule has 4 rings (SSSR count). The van der Waals surface area contributed by atoms with E-state index in [4.69, 9.17) is 0 Å². The first kappa shape index (κ1) is 30.0. The third kappa shape index (κ3) is 8.06. The van der Waals surface area contributed by atoms with Gasteiger partial charge in [0.05, 0.1) is 16.5 Å². The van der Waals surface area contributed by atoms with Crippen LogP contribution in [0.3, 0.4) is 0 Å². The largest absolute Gasteiger partial charge is 0.338 e. The van der Waals surface area contributed by atoms with Gasteiger partial charge in [0, 0.05) is 32.7 Å². The van der Waals surface area contributed by atoms with Crippen molar-refractivity contribution >= 4 is 32.7 Å². The summed E-state index contributed by atoms with van der Waals surface area (Å²) in [6.45, 7) is 4.09. The fourth-order valence-corrected chi connectivity index (χ4v) is 6.21. The molecule has 3 aromatic carbocycles. The SMILES string of the molecule is CCCCCCNC(=O)N1CCN(C(=O)C(Cc2cccc(C#N)c2)NS(=O)(=O)c2ccc3ccccc3c2)CC1. The Kier molecular flexibility index (Phi) is 10.3. The number of hydrogen-bond donors (Lipinski definition) is 2. The number of fused-ring (bicyclic) bond motifs is 1. The Bertz CT molecular complexity index is 1510. The van der Waals surface area contributed by atoms with E-state index in [1.807, 2.05) is 24.3 Å². The van der Waals surface area contributed by atoms with Crippen molar-refractivity contribution < 1.29 is 18.0 Å². The average molecular weight is 576 g/mol. The Morgan fingerprint density at radius 2 is 1.63 bits per heavy atom. The number of benzene rings is 3. The van der Waals surface area contributed by atoms with E-state index in [9.17, 15) is 23.3 Å². The van der Waals surface area contributed by atoms with E-state index < -0.39 is 16.1 Å². The molecule has 1 atom stereocenters. The number of amides is 3. The van der Waals surface area contributed by atoms with Crippen molar-refractivity contribution in [1.29, 1.82) is 5.26 Å². The predicted octanol–water partition coefficient (Wildman–Crippen LogP) is 4.04. The van der Waals surface area contributed by atoms with Gasteiger partial charge in [-0.25, -0.2) is 13.2 Å². The van der Waals surface area contributed by atoms with Crippen LogP contribution in [0.1, 0.15) is 43.7 Å². The van der Waals surface area contributed by atoms with Crippen molar-refractivity contribution in [3.63, 3.8) is 0 Å². The fraction of sp³-hybridized carbons (Fsp3) is 0.387. The standard InChI is InChI=1S/C31H37N5O4S/c1-2-3-4-7-15-33-31(38)36-18-16-35(17-19-36)30(37)29(21-24-9-8-10-25(20-24)23-32)34-41(39,40)28-14-13-26-11-5-6-12-27(26)22-28/h5-6,8-14,20,22,29,34H,2-4,7,15-19,21H2,1H3,(H,33,38). The highest BCUT2D eigenvalue weighted by molar-refractivity contribution is 7.89. The zero-order chi connectivity index (χ0) is 29.2. The molecule has 0 bridgehead atoms. The monoisotopic (exact) mass is 575 g/mol. The number of sulfonamides is 1. The summed E-state index contributed by atoms with van der Waals surface area (Å²) >= 11 is 0. The van der Waals surface area contributed by atoms with Gasteiger partial charge in [-0.1, -0.05) is 68.7 Å². The number of carbonyl (C=O) groups excluding carboxylic acids is 2. The molecule has 0 saturated carbocycles. The van der Waals surface area contributed by atoms with Crippen LogP contribution < -0.4 is 10.0 Å². The maximum absolute atomic E-state index is 13.7. The molecule has 0 aliphatic carbocycles. The number of nitrogens with one attached hydrogen (secondary N) is 2. The van der Waals surface area contributed by atoms with Gasteiger partial charge in [-0.2, -0.15) is 9.98 Å². The molecule has 1 aliphatic rings. The molecule has 0 aromatic heterocycles. The second kappa shape index (κ2) is 14.1. The summed E-state index contributed by atoms with van der Waals surface area (Å²) in [5.41, 5.74) is 1.10. The van der Waals surface area contributed by atoms with E-state index in [-0.39, 0.29) is 23.3 Å². The van der Waals surface area contributed by atoms with Crippen LogP contribution in [0.15, 0.2) is 71.6 Å². The molecule has 1 heterocycles. The van der Waals surface area contributed by atoms with Gasteiger partial charge < -0.3 is 15.1 Å². The fourth-order valence-electron chi connectivity index (χ4n) is 4.98. The number of urea groups is 1. The van der Waals surface area contributed by atoms with Gasteiger partial charge in [0.1, 0.15) is 6.04 Å². The lowest BCUT2D eigenvalue weighted by molar-refractivity contribution is -0.134. The first-order chi connectivity index (χ1) is 19.8. The molecule has 3 aromatic rings. The molecule has 2 N–H and O–H groups in total. The highest BCUT2D eigenvalue weighted by Crippen LogP contribution is 2.20. The van der Waals surface area contributed by atoms with E-state index in [0.717, 1.165) is 36.5 Å². The molecule has 41 heavy (non-hydrogen) atoms. The molecule has 0 radical (unpaired) electrons. The van der Waals surface area contributed by atoms with Crippen LogP contribution in [-0.2, 0) is 21.2 Å². The van der Waals surface area contributed by atoms with Gasteiger partial charge >= 0.3 is 6.03 Å². The van der Waals surface area contributed by atoms with Crippen LogP contribution in [0.25, 0.3) is 10.8 Å². The molecule has 10 heteroatoms. The number of nitrogens with zero attached hydrogens (tertiary/aromatic N) is 3. The number of nitriles is 1. The van der Waals surface area contributed by atoms with Gasteiger partial charge in [0.2, 0.25) is 15.9 Å². The van der Waals surface area contributed by atoms with Crippen molar-refractivity contribution in [3.8, 4) is 6.07 Å². The number of piperazine rings is 1. The Morgan fingerprint density at radius 1 is 0.902 bits per heavy atom. The molecule has 216 valence electrons. The third-order valence-electron chi connectivity index (χ3n) is 7.31. The Morgan fingerprint density at radius 3 is 2.37 bits per heavy atom. The summed E-state index contributed by atoms with van der Waals surface area (Å²) in [6, 6.07) is 20.0. The summed E-state index contributed by atoms with van der Waals surface area (Å²) in [5, 5.41) is 14.0. The van der Waals surface area contributed by atoms with Crippen LogP contribution in [0.2, 0.25) is 0 Å². The molecule has 1 saturated heterocycles. The maximum Gasteiger partial charge on any atom is 0.317 e. The quantitative estimate of drug-likeness (QED) is 0.334. The molecule has 1 aliphatic heterocycles. The molecule has 1 unspecified atom stereocenters. The highest BCUT2D eigenvalue weighted by Gasteiger charge is 2.32. The Labute approximate surface area is 242 Å². The van der Waals surface area contributed by atoms with E-state index >= 15 is 0 Å². The van der Waals surface area contributed by atoms with E-state index in [0.29, 0.717) is 43.9 Å². The number of unbranched alkanes of at least 4 members (excludes halogenated alkanes) is 3. The zero-order valence-corrected chi connectivity index (χ0v) is 24.2. The van der Waals surface area contributed by atoms with E-state index in [1.165, 1.54) is 6.07 Å². The van der Waals surface area contributed by atoms with Gasteiger partial charge in [-0.15, -0.1) is 0 Å². The van der Waals surface area contributed by atoms with Crippen molar-refractivity contribution in [2.45, 2.75) is 50.0 Å². The zero-order valence-electron chi connectivity index (χ0n) is 23.4. The minimum Gasteiger partial charge on any atom is -0.338 e. The van der Waals surface area contributed by atoms with Gasteiger partial charge in [-0.05, 0) is 53.4 Å². The normalized spacial score (nSPS) is 14.4. The van der Waals surface area contributed by atoms with Crippen LogP contribution in [0.5, 0.6) is 0 Å². The van der Waals surface area contributed by atoms with Crippen molar-refractivity contribution in [3.05, 3.63) is 77.9 Å². The minimum atomic E-state index is -4.05. The topological polar surface area (TPSA) is 123 Å². The van der Waals surface area contributed by atoms with Gasteiger partial charge in [-0.3, -0.25) is 4.79 Å². The lowest BCUT2D eigenvalue weighted by Gasteiger charge is -2.36. The number of carbonyl (C=O) groups is 2. The van der Waals surface area contributed by atoms with Crippen LogP contribution >= 0.6 is 0 Å². The van der Waals surface area contributed by atoms with Crippen molar-refractivity contribution in [1.82, 2.24) is 19.8 Å². The first-order valence-electron chi connectivity index (χ1n) is 14.1. The lowest BCUT2D eigenvalue weighted by atomic mass is 10.0. The smallest absolute Gasteiger partial charge is 0.317 e. The van der Waals surface area contributed by atoms with Crippen molar-refractivity contribution in [2.24, 2.45) is 0 Å².